The molecule has 1 atom stereocenters. The molecule has 10 heteroatoms. The Balaban J connectivity index is 1.48. The first-order chi connectivity index (χ1) is 15.7. The van der Waals surface area contributed by atoms with Crippen molar-refractivity contribution in [3.05, 3.63) is 65.7 Å². The lowest BCUT2D eigenvalue weighted by Crippen LogP contribution is -2.47. The maximum absolute atomic E-state index is 12.9. The highest BCUT2D eigenvalue weighted by atomic mass is 32.2. The summed E-state index contributed by atoms with van der Waals surface area (Å²) in [6, 6.07) is 13.5. The smallest absolute Gasteiger partial charge is 0.318 e. The molecule has 2 heterocycles. The van der Waals surface area contributed by atoms with E-state index in [4.69, 9.17) is 0 Å². The van der Waals surface area contributed by atoms with Gasteiger partial charge in [0.2, 0.25) is 10.0 Å². The fraction of sp³-hybridized carbons (Fsp3) is 0.348. The second-order valence-corrected chi connectivity index (χ2v) is 10.3. The van der Waals surface area contributed by atoms with E-state index in [0.717, 1.165) is 25.7 Å². The highest BCUT2D eigenvalue weighted by Crippen LogP contribution is 2.28. The van der Waals surface area contributed by atoms with E-state index in [2.05, 4.69) is 10.7 Å². The quantitative estimate of drug-likeness (QED) is 0.651. The van der Waals surface area contributed by atoms with Crippen molar-refractivity contribution in [1.29, 1.82) is 0 Å². The third-order valence-corrected chi connectivity index (χ3v) is 7.99. The summed E-state index contributed by atoms with van der Waals surface area (Å²) in [6.45, 7) is 2.53. The van der Waals surface area contributed by atoms with Gasteiger partial charge in [0.05, 0.1) is 4.90 Å². The van der Waals surface area contributed by atoms with Crippen LogP contribution in [0.2, 0.25) is 0 Å². The minimum atomic E-state index is -3.64. The Hall–Kier alpha value is -3.24. The third-order valence-electron chi connectivity index (χ3n) is 6.07. The number of imide groups is 1. The number of amides is 4. The van der Waals surface area contributed by atoms with Gasteiger partial charge in [-0.05, 0) is 49.6 Å². The fourth-order valence-electron chi connectivity index (χ4n) is 4.08. The number of benzene rings is 2. The molecule has 2 saturated heterocycles. The molecule has 174 valence electrons. The lowest BCUT2D eigenvalue weighted by atomic mass is 9.92. The number of hydrogen-bond acceptors (Lipinski definition) is 5. The van der Waals surface area contributed by atoms with E-state index in [9.17, 15) is 22.8 Å². The SMILES string of the molecule is CC1(c2ccccc2)NC(=O)N(NC(=O)c2ccc(S(=O)(=O)N3CCCCCC3)cc2)C1=O. The van der Waals surface area contributed by atoms with Crippen LogP contribution in [0.25, 0.3) is 0 Å². The van der Waals surface area contributed by atoms with Crippen molar-refractivity contribution in [2.45, 2.75) is 43.0 Å². The first-order valence-electron chi connectivity index (χ1n) is 10.9. The summed E-state index contributed by atoms with van der Waals surface area (Å²) in [6.07, 6.45) is 3.68. The summed E-state index contributed by atoms with van der Waals surface area (Å²) in [5, 5.41) is 3.26. The second kappa shape index (κ2) is 8.95. The van der Waals surface area contributed by atoms with Crippen molar-refractivity contribution in [3.8, 4) is 0 Å². The van der Waals surface area contributed by atoms with E-state index in [1.807, 2.05) is 0 Å². The molecule has 0 spiro atoms. The minimum Gasteiger partial charge on any atom is -0.318 e. The molecular weight excluding hydrogens is 444 g/mol. The van der Waals surface area contributed by atoms with Crippen molar-refractivity contribution in [2.24, 2.45) is 0 Å². The van der Waals surface area contributed by atoms with E-state index in [-0.39, 0.29) is 10.5 Å². The molecule has 0 radical (unpaired) electrons. The Morgan fingerprint density at radius 3 is 2.15 bits per heavy atom. The van der Waals surface area contributed by atoms with Crippen LogP contribution in [0.5, 0.6) is 0 Å². The van der Waals surface area contributed by atoms with E-state index >= 15 is 0 Å². The van der Waals surface area contributed by atoms with Crippen molar-refractivity contribution in [1.82, 2.24) is 20.1 Å². The van der Waals surface area contributed by atoms with Crippen molar-refractivity contribution >= 4 is 27.9 Å². The number of hydrazine groups is 1. The van der Waals surface area contributed by atoms with E-state index < -0.39 is 33.4 Å². The van der Waals surface area contributed by atoms with Gasteiger partial charge in [0.1, 0.15) is 5.54 Å². The van der Waals surface area contributed by atoms with Gasteiger partial charge in [-0.2, -0.15) is 9.31 Å². The molecule has 0 bridgehead atoms. The molecule has 9 nitrogen and oxygen atoms in total. The highest BCUT2D eigenvalue weighted by Gasteiger charge is 2.50. The molecule has 0 aliphatic carbocycles. The Morgan fingerprint density at radius 2 is 1.55 bits per heavy atom. The van der Waals surface area contributed by atoms with Crippen LogP contribution < -0.4 is 10.7 Å². The number of nitrogens with zero attached hydrogens (tertiary/aromatic N) is 2. The first-order valence-corrected chi connectivity index (χ1v) is 12.3. The standard InChI is InChI=1S/C23H26N4O5S/c1-23(18-9-5-4-6-10-18)21(29)27(22(30)24-23)25-20(28)17-11-13-19(14-12-17)33(31,32)26-15-7-2-3-8-16-26/h4-6,9-14H,2-3,7-8,15-16H2,1H3,(H,24,30)(H,25,28). The van der Waals surface area contributed by atoms with Crippen LogP contribution in [0.15, 0.2) is 59.5 Å². The van der Waals surface area contributed by atoms with Gasteiger partial charge in [-0.25, -0.2) is 13.2 Å². The molecule has 4 amide bonds. The zero-order valence-corrected chi connectivity index (χ0v) is 19.1. The Labute approximate surface area is 192 Å². The van der Waals surface area contributed by atoms with Crippen LogP contribution >= 0.6 is 0 Å². The lowest BCUT2D eigenvalue weighted by molar-refractivity contribution is -0.132. The largest absolute Gasteiger partial charge is 0.344 e. The highest BCUT2D eigenvalue weighted by molar-refractivity contribution is 7.89. The molecule has 33 heavy (non-hydrogen) atoms. The Kier molecular flexibility index (Phi) is 6.22. The van der Waals surface area contributed by atoms with E-state index in [0.29, 0.717) is 23.7 Å². The van der Waals surface area contributed by atoms with Crippen LogP contribution in [0.4, 0.5) is 4.79 Å². The number of carbonyl (C=O) groups is 3. The van der Waals surface area contributed by atoms with Gasteiger partial charge < -0.3 is 5.32 Å². The Bertz CT molecular complexity index is 1160. The molecule has 2 fully saturated rings. The van der Waals surface area contributed by atoms with Crippen LogP contribution in [0, 0.1) is 0 Å². The number of hydrogen-bond donors (Lipinski definition) is 2. The Morgan fingerprint density at radius 1 is 0.939 bits per heavy atom. The number of nitrogens with one attached hydrogen (secondary N) is 2. The van der Waals surface area contributed by atoms with Crippen molar-refractivity contribution in [3.63, 3.8) is 0 Å². The summed E-state index contributed by atoms with van der Waals surface area (Å²) < 4.78 is 27.3. The van der Waals surface area contributed by atoms with Crippen LogP contribution in [0.1, 0.15) is 48.5 Å². The predicted octanol–water partition coefficient (Wildman–Crippen LogP) is 2.36. The predicted molar refractivity (Wildman–Crippen MR) is 120 cm³/mol. The van der Waals surface area contributed by atoms with Crippen molar-refractivity contribution < 1.29 is 22.8 Å². The molecule has 2 aliphatic rings. The monoisotopic (exact) mass is 470 g/mol. The van der Waals surface area contributed by atoms with E-state index in [1.165, 1.54) is 28.6 Å². The molecule has 0 aromatic heterocycles. The summed E-state index contributed by atoms with van der Waals surface area (Å²) in [7, 11) is -3.64. The molecule has 2 aromatic rings. The maximum Gasteiger partial charge on any atom is 0.344 e. The number of carbonyl (C=O) groups excluding carboxylic acids is 3. The van der Waals surface area contributed by atoms with Gasteiger partial charge in [-0.3, -0.25) is 15.0 Å². The first kappa shape index (κ1) is 22.9. The average molecular weight is 471 g/mol. The van der Waals surface area contributed by atoms with E-state index in [1.54, 1.807) is 37.3 Å². The average Bonchev–Trinajstić information content (AvgIpc) is 3.02. The second-order valence-electron chi connectivity index (χ2n) is 8.35. The van der Waals surface area contributed by atoms with Gasteiger partial charge in [0.15, 0.2) is 0 Å². The zero-order valence-electron chi connectivity index (χ0n) is 18.3. The number of urea groups is 1. The molecule has 2 aliphatic heterocycles. The van der Waals surface area contributed by atoms with Gasteiger partial charge in [0.25, 0.3) is 11.8 Å². The molecule has 0 saturated carbocycles. The molecule has 2 N–H and O–H groups in total. The molecule has 1 unspecified atom stereocenters. The van der Waals surface area contributed by atoms with Gasteiger partial charge in [0, 0.05) is 18.7 Å². The van der Waals surface area contributed by atoms with Crippen LogP contribution in [-0.4, -0.2) is 48.7 Å². The number of sulfonamides is 1. The van der Waals surface area contributed by atoms with Crippen LogP contribution in [0.3, 0.4) is 0 Å². The number of rotatable bonds is 5. The fourth-order valence-corrected chi connectivity index (χ4v) is 5.60. The van der Waals surface area contributed by atoms with Gasteiger partial charge in [-0.1, -0.05) is 43.2 Å². The van der Waals surface area contributed by atoms with Crippen LogP contribution in [-0.2, 0) is 20.4 Å². The van der Waals surface area contributed by atoms with Gasteiger partial charge in [-0.15, -0.1) is 0 Å². The summed E-state index contributed by atoms with van der Waals surface area (Å²) in [5.74, 6) is -1.32. The topological polar surface area (TPSA) is 116 Å². The van der Waals surface area contributed by atoms with Crippen molar-refractivity contribution in [2.75, 3.05) is 13.1 Å². The summed E-state index contributed by atoms with van der Waals surface area (Å²) >= 11 is 0. The summed E-state index contributed by atoms with van der Waals surface area (Å²) in [4.78, 5) is 38.2. The third kappa shape index (κ3) is 4.36. The summed E-state index contributed by atoms with van der Waals surface area (Å²) in [5.41, 5.74) is 1.72. The normalized spacial score (nSPS) is 22.0. The molecule has 2 aromatic carbocycles. The van der Waals surface area contributed by atoms with Gasteiger partial charge >= 0.3 is 6.03 Å². The zero-order chi connectivity index (χ0) is 23.6. The lowest BCUT2D eigenvalue weighted by Gasteiger charge is -2.22. The molecule has 4 rings (SSSR count). The minimum absolute atomic E-state index is 0.104. The maximum atomic E-state index is 12.9. The molecular formula is C23H26N4O5S.